The Morgan fingerprint density at radius 2 is 2.08 bits per heavy atom. The number of aryl methyl sites for hydroxylation is 1. The number of rotatable bonds is 5. The maximum atomic E-state index is 4.83. The fraction of sp³-hybridized carbons (Fsp3) is 0.556. The second kappa shape index (κ2) is 6.28. The number of aromatic nitrogens is 5. The van der Waals surface area contributed by atoms with Gasteiger partial charge in [0.05, 0.1) is 10.7 Å². The standard InChI is InChI=1S/C18H23N7S/c1-12-19-14(11-26-12)8-23(2)15-9-24(10-15)17-7-6-16-20-21-18(25(16)22-17)13-4-3-5-13/h6-7,11,13,15H,3-5,8-10H2,1-2H3. The topological polar surface area (TPSA) is 62.5 Å². The number of nitrogens with zero attached hydrogens (tertiary/aromatic N) is 7. The largest absolute Gasteiger partial charge is 0.352 e. The maximum absolute atomic E-state index is 4.83. The van der Waals surface area contributed by atoms with Crippen LogP contribution in [0, 0.1) is 6.92 Å². The minimum Gasteiger partial charge on any atom is -0.352 e. The van der Waals surface area contributed by atoms with Crippen LogP contribution in [0.2, 0.25) is 0 Å². The summed E-state index contributed by atoms with van der Waals surface area (Å²) >= 11 is 1.72. The highest BCUT2D eigenvalue weighted by Gasteiger charge is 2.32. The second-order valence-electron chi connectivity index (χ2n) is 7.48. The molecular weight excluding hydrogens is 346 g/mol. The third-order valence-corrected chi connectivity index (χ3v) is 6.45. The van der Waals surface area contributed by atoms with Crippen molar-refractivity contribution in [3.05, 3.63) is 34.0 Å². The highest BCUT2D eigenvalue weighted by Crippen LogP contribution is 2.35. The molecule has 1 saturated heterocycles. The number of hydrogen-bond acceptors (Lipinski definition) is 7. The van der Waals surface area contributed by atoms with Gasteiger partial charge in [-0.2, -0.15) is 4.52 Å². The van der Waals surface area contributed by atoms with Gasteiger partial charge in [-0.1, -0.05) is 6.42 Å². The lowest BCUT2D eigenvalue weighted by molar-refractivity contribution is 0.195. The van der Waals surface area contributed by atoms with Crippen LogP contribution < -0.4 is 4.90 Å². The molecule has 136 valence electrons. The Kier molecular flexibility index (Phi) is 3.90. The van der Waals surface area contributed by atoms with Crippen molar-refractivity contribution < 1.29 is 0 Å². The molecule has 0 radical (unpaired) electrons. The van der Waals surface area contributed by atoms with Crippen molar-refractivity contribution in [3.8, 4) is 0 Å². The van der Waals surface area contributed by atoms with Gasteiger partial charge in [-0.3, -0.25) is 4.90 Å². The van der Waals surface area contributed by atoms with Crippen LogP contribution in [0.5, 0.6) is 0 Å². The summed E-state index contributed by atoms with van der Waals surface area (Å²) in [5, 5.41) is 16.8. The molecule has 1 aliphatic heterocycles. The van der Waals surface area contributed by atoms with Gasteiger partial charge in [0.1, 0.15) is 5.82 Å². The van der Waals surface area contributed by atoms with E-state index in [9.17, 15) is 0 Å². The van der Waals surface area contributed by atoms with Crippen molar-refractivity contribution in [1.82, 2.24) is 29.7 Å². The lowest BCUT2D eigenvalue weighted by Crippen LogP contribution is -2.58. The Morgan fingerprint density at radius 1 is 1.23 bits per heavy atom. The third kappa shape index (κ3) is 2.77. The zero-order valence-electron chi connectivity index (χ0n) is 15.2. The van der Waals surface area contributed by atoms with E-state index in [0.717, 1.165) is 41.9 Å². The smallest absolute Gasteiger partial charge is 0.178 e. The second-order valence-corrected chi connectivity index (χ2v) is 8.54. The first-order valence-electron chi connectivity index (χ1n) is 9.26. The molecule has 3 aromatic heterocycles. The van der Waals surface area contributed by atoms with E-state index in [-0.39, 0.29) is 0 Å². The summed E-state index contributed by atoms with van der Waals surface area (Å²) in [6.07, 6.45) is 3.71. The molecule has 2 aliphatic rings. The minimum absolute atomic E-state index is 0.532. The Balaban J connectivity index is 1.26. The monoisotopic (exact) mass is 369 g/mol. The fourth-order valence-electron chi connectivity index (χ4n) is 3.67. The Bertz CT molecular complexity index is 923. The molecule has 1 saturated carbocycles. The van der Waals surface area contributed by atoms with E-state index in [0.29, 0.717) is 12.0 Å². The Labute approximate surface area is 156 Å². The normalized spacial score (nSPS) is 18.5. The van der Waals surface area contributed by atoms with E-state index in [1.54, 1.807) is 11.3 Å². The van der Waals surface area contributed by atoms with Gasteiger partial charge in [0, 0.05) is 37.0 Å². The van der Waals surface area contributed by atoms with E-state index in [4.69, 9.17) is 5.10 Å². The summed E-state index contributed by atoms with van der Waals surface area (Å²) < 4.78 is 1.95. The highest BCUT2D eigenvalue weighted by atomic mass is 32.1. The Hall–Kier alpha value is -2.06. The van der Waals surface area contributed by atoms with Crippen LogP contribution in [0.15, 0.2) is 17.5 Å². The van der Waals surface area contributed by atoms with Crippen molar-refractivity contribution in [3.63, 3.8) is 0 Å². The van der Waals surface area contributed by atoms with E-state index in [2.05, 4.69) is 50.4 Å². The van der Waals surface area contributed by atoms with Crippen LogP contribution in [-0.2, 0) is 6.54 Å². The minimum atomic E-state index is 0.532. The summed E-state index contributed by atoms with van der Waals surface area (Å²) in [5.41, 5.74) is 2.02. The van der Waals surface area contributed by atoms with Crippen molar-refractivity contribution in [2.24, 2.45) is 0 Å². The number of fused-ring (bicyclic) bond motifs is 1. The first-order chi connectivity index (χ1) is 12.7. The van der Waals surface area contributed by atoms with Gasteiger partial charge in [-0.25, -0.2) is 4.98 Å². The summed E-state index contributed by atoms with van der Waals surface area (Å²) in [6.45, 7) is 4.97. The molecular formula is C18H23N7S. The molecule has 4 heterocycles. The molecule has 26 heavy (non-hydrogen) atoms. The van der Waals surface area contributed by atoms with Gasteiger partial charge in [-0.05, 0) is 38.9 Å². The number of likely N-dealkylation sites (N-methyl/N-ethyl adjacent to an activating group) is 1. The van der Waals surface area contributed by atoms with Crippen LogP contribution in [0.1, 0.15) is 41.7 Å². The third-order valence-electron chi connectivity index (χ3n) is 5.63. The molecule has 0 spiro atoms. The number of thiazole rings is 1. The summed E-state index contributed by atoms with van der Waals surface area (Å²) in [4.78, 5) is 9.29. The predicted molar refractivity (Wildman–Crippen MR) is 102 cm³/mol. The number of anilines is 1. The fourth-order valence-corrected chi connectivity index (χ4v) is 4.28. The molecule has 0 amide bonds. The SMILES string of the molecule is Cc1nc(CN(C)C2CN(c3ccc4nnc(C5CCC5)n4n3)C2)cs1. The first-order valence-corrected chi connectivity index (χ1v) is 10.1. The molecule has 0 unspecified atom stereocenters. The van der Waals surface area contributed by atoms with E-state index in [1.807, 2.05) is 10.6 Å². The quantitative estimate of drug-likeness (QED) is 0.688. The lowest BCUT2D eigenvalue weighted by atomic mass is 9.85. The molecule has 0 N–H and O–H groups in total. The average Bonchev–Trinajstić information content (AvgIpc) is 3.11. The molecule has 0 aromatic carbocycles. The summed E-state index contributed by atoms with van der Waals surface area (Å²) in [5.74, 6) is 2.58. The van der Waals surface area contributed by atoms with Gasteiger partial charge in [0.25, 0.3) is 0 Å². The molecule has 3 aromatic rings. The van der Waals surface area contributed by atoms with Crippen LogP contribution in [-0.4, -0.2) is 55.9 Å². The summed E-state index contributed by atoms with van der Waals surface area (Å²) in [7, 11) is 2.18. The molecule has 2 fully saturated rings. The Morgan fingerprint density at radius 3 is 2.77 bits per heavy atom. The zero-order valence-corrected chi connectivity index (χ0v) is 16.0. The van der Waals surface area contributed by atoms with Crippen molar-refractivity contribution >= 4 is 22.8 Å². The van der Waals surface area contributed by atoms with Gasteiger partial charge < -0.3 is 4.90 Å². The summed E-state index contributed by atoms with van der Waals surface area (Å²) in [6, 6.07) is 4.64. The predicted octanol–water partition coefficient (Wildman–Crippen LogP) is 2.48. The highest BCUT2D eigenvalue weighted by molar-refractivity contribution is 7.09. The zero-order chi connectivity index (χ0) is 17.7. The maximum Gasteiger partial charge on any atom is 0.178 e. The van der Waals surface area contributed by atoms with Gasteiger partial charge in [-0.15, -0.1) is 26.6 Å². The van der Waals surface area contributed by atoms with Crippen molar-refractivity contribution in [2.75, 3.05) is 25.0 Å². The van der Waals surface area contributed by atoms with Crippen LogP contribution in [0.3, 0.4) is 0 Å². The van der Waals surface area contributed by atoms with Gasteiger partial charge >= 0.3 is 0 Å². The van der Waals surface area contributed by atoms with E-state index >= 15 is 0 Å². The first kappa shape index (κ1) is 16.1. The van der Waals surface area contributed by atoms with Crippen LogP contribution in [0.25, 0.3) is 5.65 Å². The van der Waals surface area contributed by atoms with E-state index < -0.39 is 0 Å². The molecule has 8 heteroatoms. The molecule has 7 nitrogen and oxygen atoms in total. The molecule has 5 rings (SSSR count). The van der Waals surface area contributed by atoms with Crippen LogP contribution >= 0.6 is 11.3 Å². The van der Waals surface area contributed by atoms with Gasteiger partial charge in [0.15, 0.2) is 11.5 Å². The van der Waals surface area contributed by atoms with Crippen LogP contribution in [0.4, 0.5) is 5.82 Å². The molecule has 0 atom stereocenters. The molecule has 0 bridgehead atoms. The van der Waals surface area contributed by atoms with Crippen molar-refractivity contribution in [1.29, 1.82) is 0 Å². The van der Waals surface area contributed by atoms with Gasteiger partial charge in [0.2, 0.25) is 0 Å². The average molecular weight is 369 g/mol. The lowest BCUT2D eigenvalue weighted by Gasteiger charge is -2.44. The van der Waals surface area contributed by atoms with E-state index in [1.165, 1.54) is 25.0 Å². The van der Waals surface area contributed by atoms with Crippen molar-refractivity contribution in [2.45, 2.75) is 44.7 Å². The number of hydrogen-bond donors (Lipinski definition) is 0. The molecule has 1 aliphatic carbocycles.